The van der Waals surface area contributed by atoms with Gasteiger partial charge in [0.05, 0.1) is 25.5 Å². The van der Waals surface area contributed by atoms with E-state index in [0.717, 1.165) is 16.7 Å². The Labute approximate surface area is 215 Å². The fourth-order valence-corrected chi connectivity index (χ4v) is 4.12. The second kappa shape index (κ2) is 11.3. The van der Waals surface area contributed by atoms with Crippen LogP contribution in [0.2, 0.25) is 0 Å². The molecule has 0 saturated carbocycles. The number of hydrogen-bond donors (Lipinski definition) is 1. The zero-order valence-corrected chi connectivity index (χ0v) is 20.9. The van der Waals surface area contributed by atoms with Crippen molar-refractivity contribution in [1.29, 1.82) is 5.26 Å². The number of pyridine rings is 1. The molecule has 0 unspecified atom stereocenters. The third-order valence-electron chi connectivity index (χ3n) is 6.24. The van der Waals surface area contributed by atoms with Gasteiger partial charge in [0.15, 0.2) is 11.5 Å². The number of rotatable bonds is 8. The van der Waals surface area contributed by atoms with Crippen molar-refractivity contribution in [1.82, 2.24) is 4.57 Å². The SMILES string of the molecule is COc1ccc(CCn2c(O)c(C=Nc3ccc(-c4ccccc4)cc3)c(C)c(C#N)c2=O)cc1OC. The predicted molar refractivity (Wildman–Crippen MR) is 144 cm³/mol. The fourth-order valence-electron chi connectivity index (χ4n) is 4.12. The first-order chi connectivity index (χ1) is 18.0. The van der Waals surface area contributed by atoms with E-state index in [1.807, 2.05) is 72.8 Å². The predicted octanol–water partition coefficient (Wildman–Crippen LogP) is 5.41. The molecule has 0 spiro atoms. The van der Waals surface area contributed by atoms with Crippen molar-refractivity contribution < 1.29 is 14.6 Å². The van der Waals surface area contributed by atoms with Gasteiger partial charge < -0.3 is 14.6 Å². The van der Waals surface area contributed by atoms with E-state index in [4.69, 9.17) is 9.47 Å². The van der Waals surface area contributed by atoms with E-state index >= 15 is 0 Å². The zero-order chi connectivity index (χ0) is 26.4. The first-order valence-electron chi connectivity index (χ1n) is 11.7. The summed E-state index contributed by atoms with van der Waals surface area (Å²) in [6.07, 6.45) is 1.93. The van der Waals surface area contributed by atoms with Crippen molar-refractivity contribution in [2.75, 3.05) is 14.2 Å². The highest BCUT2D eigenvalue weighted by Gasteiger charge is 2.18. The monoisotopic (exact) mass is 493 g/mol. The molecular formula is C30H27N3O4. The Balaban J connectivity index is 1.63. The van der Waals surface area contributed by atoms with E-state index in [1.54, 1.807) is 27.2 Å². The molecule has 7 nitrogen and oxygen atoms in total. The Kier molecular flexibility index (Phi) is 7.70. The van der Waals surface area contributed by atoms with Crippen LogP contribution in [0.25, 0.3) is 11.1 Å². The third-order valence-corrected chi connectivity index (χ3v) is 6.24. The van der Waals surface area contributed by atoms with Gasteiger partial charge in [-0.3, -0.25) is 14.4 Å². The average molecular weight is 494 g/mol. The van der Waals surface area contributed by atoms with Crippen LogP contribution in [0.3, 0.4) is 0 Å². The maximum atomic E-state index is 13.0. The normalized spacial score (nSPS) is 10.9. The molecule has 1 aromatic heterocycles. The molecule has 0 radical (unpaired) electrons. The van der Waals surface area contributed by atoms with E-state index in [-0.39, 0.29) is 18.0 Å². The number of nitriles is 1. The molecule has 4 aromatic rings. The van der Waals surface area contributed by atoms with Crippen LogP contribution in [-0.4, -0.2) is 30.1 Å². The van der Waals surface area contributed by atoms with Gasteiger partial charge in [0.2, 0.25) is 5.88 Å². The summed E-state index contributed by atoms with van der Waals surface area (Å²) in [6.45, 7) is 1.81. The molecule has 7 heteroatoms. The Morgan fingerprint density at radius 3 is 2.30 bits per heavy atom. The second-order valence-corrected chi connectivity index (χ2v) is 8.42. The van der Waals surface area contributed by atoms with Gasteiger partial charge in [-0.25, -0.2) is 0 Å². The van der Waals surface area contributed by atoms with Gasteiger partial charge in [-0.1, -0.05) is 48.5 Å². The minimum absolute atomic E-state index is 0.0222. The molecule has 4 rings (SSSR count). The number of methoxy groups -OCH3 is 2. The lowest BCUT2D eigenvalue weighted by Crippen LogP contribution is -2.26. The minimum Gasteiger partial charge on any atom is -0.494 e. The smallest absolute Gasteiger partial charge is 0.271 e. The van der Waals surface area contributed by atoms with Crippen LogP contribution in [0, 0.1) is 18.3 Å². The van der Waals surface area contributed by atoms with Crippen LogP contribution in [-0.2, 0) is 13.0 Å². The van der Waals surface area contributed by atoms with Gasteiger partial charge in [0.25, 0.3) is 5.56 Å². The maximum absolute atomic E-state index is 13.0. The van der Waals surface area contributed by atoms with Crippen LogP contribution in [0.15, 0.2) is 82.6 Å². The summed E-state index contributed by atoms with van der Waals surface area (Å²) in [5, 5.41) is 20.7. The Hall–Kier alpha value is -4.83. The van der Waals surface area contributed by atoms with Crippen molar-refractivity contribution in [3.63, 3.8) is 0 Å². The molecule has 0 aliphatic heterocycles. The summed E-state index contributed by atoms with van der Waals surface area (Å²) in [7, 11) is 3.11. The number of benzene rings is 3. The molecule has 0 amide bonds. The molecule has 1 N–H and O–H groups in total. The molecule has 0 fully saturated rings. The maximum Gasteiger partial charge on any atom is 0.271 e. The zero-order valence-electron chi connectivity index (χ0n) is 20.9. The van der Waals surface area contributed by atoms with E-state index in [2.05, 4.69) is 4.99 Å². The quantitative estimate of drug-likeness (QED) is 0.331. The summed E-state index contributed by atoms with van der Waals surface area (Å²) in [5.74, 6) is 0.944. The summed E-state index contributed by atoms with van der Waals surface area (Å²) in [4.78, 5) is 17.5. The number of hydrogen-bond acceptors (Lipinski definition) is 6. The van der Waals surface area contributed by atoms with E-state index in [1.165, 1.54) is 10.8 Å². The van der Waals surface area contributed by atoms with E-state index in [0.29, 0.717) is 34.7 Å². The number of ether oxygens (including phenoxy) is 2. The molecule has 186 valence electrons. The van der Waals surface area contributed by atoms with Crippen LogP contribution in [0.1, 0.15) is 22.3 Å². The highest BCUT2D eigenvalue weighted by molar-refractivity contribution is 5.87. The highest BCUT2D eigenvalue weighted by Crippen LogP contribution is 2.28. The molecular weight excluding hydrogens is 466 g/mol. The van der Waals surface area contributed by atoms with Gasteiger partial charge in [-0.2, -0.15) is 5.26 Å². The Bertz CT molecular complexity index is 1530. The fraction of sp³-hybridized carbons (Fsp3) is 0.167. The van der Waals surface area contributed by atoms with E-state index < -0.39 is 5.56 Å². The largest absolute Gasteiger partial charge is 0.494 e. The molecule has 0 bridgehead atoms. The molecule has 0 aliphatic carbocycles. The first kappa shape index (κ1) is 25.3. The highest BCUT2D eigenvalue weighted by atomic mass is 16.5. The lowest BCUT2D eigenvalue weighted by atomic mass is 10.0. The van der Waals surface area contributed by atoms with Crippen molar-refractivity contribution >= 4 is 11.9 Å². The number of aromatic nitrogens is 1. The molecule has 1 heterocycles. The van der Waals surface area contributed by atoms with Gasteiger partial charge in [0, 0.05) is 12.8 Å². The van der Waals surface area contributed by atoms with Crippen LogP contribution in [0.5, 0.6) is 17.4 Å². The summed E-state index contributed by atoms with van der Waals surface area (Å²) < 4.78 is 11.8. The van der Waals surface area contributed by atoms with Crippen molar-refractivity contribution in [3.05, 3.63) is 105 Å². The van der Waals surface area contributed by atoms with Gasteiger partial charge in [-0.05, 0) is 59.9 Å². The Morgan fingerprint density at radius 2 is 1.65 bits per heavy atom. The summed E-state index contributed by atoms with van der Waals surface area (Å²) in [5.41, 5.74) is 3.89. The van der Waals surface area contributed by atoms with Crippen molar-refractivity contribution in [3.8, 4) is 34.6 Å². The standard InChI is InChI=1S/C30H27N3O4/c1-20-25(18-31)29(34)33(16-15-21-9-14-27(36-2)28(17-21)37-3)30(35)26(20)19-32-24-12-10-23(11-13-24)22-7-5-4-6-8-22/h4-14,17,19,35H,15-16H2,1-3H3. The van der Waals surface area contributed by atoms with Gasteiger partial charge in [-0.15, -0.1) is 0 Å². The lowest BCUT2D eigenvalue weighted by molar-refractivity contribution is 0.354. The molecule has 37 heavy (non-hydrogen) atoms. The Morgan fingerprint density at radius 1 is 0.973 bits per heavy atom. The molecule has 0 saturated heterocycles. The first-order valence-corrected chi connectivity index (χ1v) is 11.7. The van der Waals surface area contributed by atoms with Gasteiger partial charge in [0.1, 0.15) is 11.6 Å². The van der Waals surface area contributed by atoms with E-state index in [9.17, 15) is 15.2 Å². The molecule has 3 aromatic carbocycles. The third kappa shape index (κ3) is 5.39. The second-order valence-electron chi connectivity index (χ2n) is 8.42. The molecule has 0 aliphatic rings. The lowest BCUT2D eigenvalue weighted by Gasteiger charge is -2.15. The van der Waals surface area contributed by atoms with Crippen molar-refractivity contribution in [2.45, 2.75) is 19.9 Å². The number of aliphatic imine (C=N–C) groups is 1. The van der Waals surface area contributed by atoms with Crippen LogP contribution >= 0.6 is 0 Å². The van der Waals surface area contributed by atoms with Crippen molar-refractivity contribution in [2.24, 2.45) is 4.99 Å². The summed E-state index contributed by atoms with van der Waals surface area (Å²) >= 11 is 0. The topological polar surface area (TPSA) is 96.8 Å². The summed E-state index contributed by atoms with van der Waals surface area (Å²) in [6, 6.07) is 25.2. The average Bonchev–Trinajstić information content (AvgIpc) is 2.93. The van der Waals surface area contributed by atoms with Crippen LogP contribution < -0.4 is 15.0 Å². The van der Waals surface area contributed by atoms with Gasteiger partial charge >= 0.3 is 0 Å². The number of aromatic hydroxyl groups is 1. The number of aryl methyl sites for hydroxylation is 1. The van der Waals surface area contributed by atoms with Crippen LogP contribution in [0.4, 0.5) is 5.69 Å². The molecule has 0 atom stereocenters. The number of nitrogens with zero attached hydrogens (tertiary/aromatic N) is 3. The minimum atomic E-state index is -0.539.